The van der Waals surface area contributed by atoms with Crippen molar-refractivity contribution in [2.45, 2.75) is 87.7 Å². The molecule has 1 heterocycles. The van der Waals surface area contributed by atoms with Gasteiger partial charge in [-0.3, -0.25) is 0 Å². The smallest absolute Gasteiger partial charge is 0.0204 e. The molecule has 0 amide bonds. The van der Waals surface area contributed by atoms with Gasteiger partial charge in [0.1, 0.15) is 0 Å². The molecule has 17 heavy (non-hydrogen) atoms. The van der Waals surface area contributed by atoms with Gasteiger partial charge in [-0.15, -0.1) is 0 Å². The van der Waals surface area contributed by atoms with Crippen molar-refractivity contribution in [2.75, 3.05) is 6.54 Å². The first-order chi connectivity index (χ1) is 8.36. The predicted molar refractivity (Wildman–Crippen MR) is 78.8 cm³/mol. The Morgan fingerprint density at radius 1 is 0.824 bits per heavy atom. The Kier molecular flexibility index (Phi) is 6.21. The molecule has 1 nitrogen and oxygen atoms in total. The highest BCUT2D eigenvalue weighted by molar-refractivity contribution is 8.00. The Hall–Kier alpha value is 0.310. The zero-order valence-corrected chi connectivity index (χ0v) is 12.2. The van der Waals surface area contributed by atoms with Crippen LogP contribution in [0.4, 0.5) is 0 Å². The van der Waals surface area contributed by atoms with Gasteiger partial charge in [0.05, 0.1) is 0 Å². The lowest BCUT2D eigenvalue weighted by Crippen LogP contribution is -2.46. The molecular weight excluding hydrogens is 226 g/mol. The lowest BCUT2D eigenvalue weighted by Gasteiger charge is -2.36. The molecule has 0 bridgehead atoms. The Morgan fingerprint density at radius 3 is 2.12 bits per heavy atom. The summed E-state index contributed by atoms with van der Waals surface area (Å²) < 4.78 is 0. The molecule has 0 aromatic heterocycles. The number of thioether (sulfide) groups is 1. The fourth-order valence-electron chi connectivity index (χ4n) is 3.22. The third-order valence-electron chi connectivity index (χ3n) is 4.28. The van der Waals surface area contributed by atoms with Crippen LogP contribution in [0.15, 0.2) is 0 Å². The average molecular weight is 255 g/mol. The van der Waals surface area contributed by atoms with E-state index in [1.807, 2.05) is 0 Å². The van der Waals surface area contributed by atoms with E-state index < -0.39 is 0 Å². The number of hydrogen-bond donors (Lipinski definition) is 1. The van der Waals surface area contributed by atoms with Crippen LogP contribution in [0.25, 0.3) is 0 Å². The Bertz CT molecular complexity index is 207. The molecule has 1 aliphatic heterocycles. The Balaban J connectivity index is 1.83. The van der Waals surface area contributed by atoms with Crippen LogP contribution in [0.1, 0.15) is 71.1 Å². The zero-order chi connectivity index (χ0) is 11.9. The van der Waals surface area contributed by atoms with Crippen molar-refractivity contribution >= 4 is 11.8 Å². The van der Waals surface area contributed by atoms with Gasteiger partial charge < -0.3 is 5.32 Å². The summed E-state index contributed by atoms with van der Waals surface area (Å²) in [5.41, 5.74) is 0. The molecule has 2 aliphatic rings. The lowest BCUT2D eigenvalue weighted by molar-refractivity contribution is 0.402. The van der Waals surface area contributed by atoms with Crippen molar-refractivity contribution in [3.63, 3.8) is 0 Å². The van der Waals surface area contributed by atoms with Crippen molar-refractivity contribution in [3.8, 4) is 0 Å². The average Bonchev–Trinajstić information content (AvgIpc) is 2.31. The summed E-state index contributed by atoms with van der Waals surface area (Å²) >= 11 is 2.26. The molecule has 100 valence electrons. The van der Waals surface area contributed by atoms with Gasteiger partial charge in [0.2, 0.25) is 0 Å². The van der Waals surface area contributed by atoms with E-state index in [1.54, 1.807) is 0 Å². The minimum Gasteiger partial charge on any atom is -0.312 e. The summed E-state index contributed by atoms with van der Waals surface area (Å²) in [5.74, 6) is 0. The van der Waals surface area contributed by atoms with Crippen molar-refractivity contribution in [1.82, 2.24) is 5.32 Å². The third-order valence-corrected chi connectivity index (χ3v) is 5.82. The molecule has 3 unspecified atom stereocenters. The van der Waals surface area contributed by atoms with Gasteiger partial charge in [-0.25, -0.2) is 0 Å². The van der Waals surface area contributed by atoms with Crippen LogP contribution in [-0.4, -0.2) is 23.1 Å². The molecule has 1 N–H and O–H groups in total. The summed E-state index contributed by atoms with van der Waals surface area (Å²) in [6, 6.07) is 0.815. The van der Waals surface area contributed by atoms with Crippen LogP contribution in [0.3, 0.4) is 0 Å². The molecule has 0 aromatic rings. The largest absolute Gasteiger partial charge is 0.312 e. The molecule has 2 heteroatoms. The van der Waals surface area contributed by atoms with Crippen LogP contribution in [0, 0.1) is 0 Å². The van der Waals surface area contributed by atoms with Crippen molar-refractivity contribution in [3.05, 3.63) is 0 Å². The summed E-state index contributed by atoms with van der Waals surface area (Å²) in [6.45, 7) is 3.61. The van der Waals surface area contributed by atoms with Gasteiger partial charge in [0, 0.05) is 23.1 Å². The van der Waals surface area contributed by atoms with E-state index in [1.165, 1.54) is 70.8 Å². The highest BCUT2D eigenvalue weighted by atomic mass is 32.2. The number of rotatable bonds is 0. The molecule has 1 saturated heterocycles. The van der Waals surface area contributed by atoms with Crippen LogP contribution in [0.5, 0.6) is 0 Å². The first-order valence-corrected chi connectivity index (χ1v) is 8.69. The molecule has 3 atom stereocenters. The molecule has 2 rings (SSSR count). The second-order valence-electron chi connectivity index (χ2n) is 5.91. The van der Waals surface area contributed by atoms with E-state index in [0.717, 1.165) is 16.5 Å². The molecule has 1 aliphatic carbocycles. The standard InChI is InChI=1S/C15H29NS/c1-13-12-16-14-10-8-6-4-2-3-5-7-9-11-15(14)17-13/h13-16H,2-12H2,1H3. The van der Waals surface area contributed by atoms with E-state index in [2.05, 4.69) is 24.0 Å². The monoisotopic (exact) mass is 255 g/mol. The first-order valence-electron chi connectivity index (χ1n) is 7.75. The minimum atomic E-state index is 0.815. The van der Waals surface area contributed by atoms with Gasteiger partial charge >= 0.3 is 0 Å². The first kappa shape index (κ1) is 13.7. The van der Waals surface area contributed by atoms with E-state index in [9.17, 15) is 0 Å². The zero-order valence-electron chi connectivity index (χ0n) is 11.4. The van der Waals surface area contributed by atoms with Crippen LogP contribution < -0.4 is 5.32 Å². The van der Waals surface area contributed by atoms with Gasteiger partial charge in [0.15, 0.2) is 0 Å². The van der Waals surface area contributed by atoms with Crippen molar-refractivity contribution < 1.29 is 0 Å². The molecule has 0 aromatic carbocycles. The summed E-state index contributed by atoms with van der Waals surface area (Å²) in [7, 11) is 0. The molecule has 0 radical (unpaired) electrons. The molecule has 1 saturated carbocycles. The molecule has 0 spiro atoms. The van der Waals surface area contributed by atoms with Gasteiger partial charge in [-0.1, -0.05) is 58.3 Å². The summed E-state index contributed by atoms with van der Waals surface area (Å²) in [6.07, 6.45) is 14.6. The van der Waals surface area contributed by atoms with E-state index >= 15 is 0 Å². The summed E-state index contributed by atoms with van der Waals surface area (Å²) in [5, 5.41) is 5.53. The maximum atomic E-state index is 3.80. The van der Waals surface area contributed by atoms with Crippen LogP contribution >= 0.6 is 11.8 Å². The fraction of sp³-hybridized carbons (Fsp3) is 1.00. The van der Waals surface area contributed by atoms with Gasteiger partial charge in [0.25, 0.3) is 0 Å². The number of nitrogens with one attached hydrogen (secondary N) is 1. The van der Waals surface area contributed by atoms with Crippen LogP contribution in [-0.2, 0) is 0 Å². The maximum absolute atomic E-state index is 3.80. The minimum absolute atomic E-state index is 0.815. The second kappa shape index (κ2) is 7.68. The number of hydrogen-bond acceptors (Lipinski definition) is 2. The molecule has 2 fully saturated rings. The SMILES string of the molecule is CC1CNC2CCCCCCCCCCC2S1. The van der Waals surface area contributed by atoms with E-state index in [-0.39, 0.29) is 0 Å². The lowest BCUT2D eigenvalue weighted by atomic mass is 9.97. The van der Waals surface area contributed by atoms with E-state index in [0.29, 0.717) is 0 Å². The highest BCUT2D eigenvalue weighted by Crippen LogP contribution is 2.31. The van der Waals surface area contributed by atoms with Gasteiger partial charge in [-0.05, 0) is 12.8 Å². The topological polar surface area (TPSA) is 12.0 Å². The van der Waals surface area contributed by atoms with Crippen molar-refractivity contribution in [1.29, 1.82) is 0 Å². The summed E-state index contributed by atoms with van der Waals surface area (Å²) in [4.78, 5) is 0. The molecular formula is C15H29NS. The fourth-order valence-corrected chi connectivity index (χ4v) is 4.73. The highest BCUT2D eigenvalue weighted by Gasteiger charge is 2.27. The second-order valence-corrected chi connectivity index (χ2v) is 7.59. The quantitative estimate of drug-likeness (QED) is 0.690. The number of fused-ring (bicyclic) bond motifs is 1. The maximum Gasteiger partial charge on any atom is 0.0204 e. The van der Waals surface area contributed by atoms with Crippen LogP contribution in [0.2, 0.25) is 0 Å². The Morgan fingerprint density at radius 2 is 1.41 bits per heavy atom. The van der Waals surface area contributed by atoms with Crippen molar-refractivity contribution in [2.24, 2.45) is 0 Å². The van der Waals surface area contributed by atoms with E-state index in [4.69, 9.17) is 0 Å². The Labute approximate surface area is 112 Å². The third kappa shape index (κ3) is 4.82. The predicted octanol–water partition coefficient (Wildman–Crippen LogP) is 4.36. The normalized spacial score (nSPS) is 37.6. The van der Waals surface area contributed by atoms with Gasteiger partial charge in [-0.2, -0.15) is 11.8 Å².